The SMILES string of the molecule is O=C(NNC(=S)NCCc1ccc(Cl)cc1)c1ccncc1. The molecule has 1 amide bonds. The number of hydrogen-bond acceptors (Lipinski definition) is 3. The van der Waals surface area contributed by atoms with Crippen molar-refractivity contribution < 1.29 is 4.79 Å². The Morgan fingerprint density at radius 1 is 1.09 bits per heavy atom. The van der Waals surface area contributed by atoms with Gasteiger partial charge in [-0.3, -0.25) is 20.6 Å². The van der Waals surface area contributed by atoms with Gasteiger partial charge in [-0.15, -0.1) is 0 Å². The van der Waals surface area contributed by atoms with Crippen LogP contribution in [-0.2, 0) is 6.42 Å². The molecule has 0 radical (unpaired) electrons. The summed E-state index contributed by atoms with van der Waals surface area (Å²) >= 11 is 10.9. The predicted octanol–water partition coefficient (Wildman–Crippen LogP) is 2.09. The molecule has 0 fully saturated rings. The Morgan fingerprint density at radius 3 is 2.45 bits per heavy atom. The topological polar surface area (TPSA) is 66.1 Å². The normalized spacial score (nSPS) is 9.86. The molecule has 2 rings (SSSR count). The van der Waals surface area contributed by atoms with E-state index in [1.807, 2.05) is 24.3 Å². The number of carbonyl (C=O) groups excluding carboxylic acids is 1. The summed E-state index contributed by atoms with van der Waals surface area (Å²) < 4.78 is 0. The molecule has 1 aromatic heterocycles. The van der Waals surface area contributed by atoms with Crippen LogP contribution in [0.15, 0.2) is 48.8 Å². The van der Waals surface area contributed by atoms with E-state index in [2.05, 4.69) is 21.2 Å². The average Bonchev–Trinajstić information content (AvgIpc) is 2.55. The van der Waals surface area contributed by atoms with E-state index in [0.29, 0.717) is 22.2 Å². The van der Waals surface area contributed by atoms with E-state index in [4.69, 9.17) is 23.8 Å². The third kappa shape index (κ3) is 5.31. The third-order valence-corrected chi connectivity index (χ3v) is 3.34. The van der Waals surface area contributed by atoms with Gasteiger partial charge >= 0.3 is 0 Å². The van der Waals surface area contributed by atoms with Crippen LogP contribution in [0.3, 0.4) is 0 Å². The first kappa shape index (κ1) is 16.2. The average molecular weight is 335 g/mol. The maximum atomic E-state index is 11.8. The first-order valence-electron chi connectivity index (χ1n) is 6.64. The zero-order valence-corrected chi connectivity index (χ0v) is 13.2. The molecule has 0 aliphatic heterocycles. The molecule has 0 saturated heterocycles. The Morgan fingerprint density at radius 2 is 1.77 bits per heavy atom. The second-order valence-electron chi connectivity index (χ2n) is 4.45. The number of hydrazine groups is 1. The van der Waals surface area contributed by atoms with Gasteiger partial charge in [-0.05, 0) is 48.5 Å². The van der Waals surface area contributed by atoms with Crippen molar-refractivity contribution in [1.29, 1.82) is 0 Å². The quantitative estimate of drug-likeness (QED) is 0.590. The van der Waals surface area contributed by atoms with E-state index in [1.165, 1.54) is 0 Å². The van der Waals surface area contributed by atoms with Gasteiger partial charge in [0.05, 0.1) is 0 Å². The molecular weight excluding hydrogens is 320 g/mol. The summed E-state index contributed by atoms with van der Waals surface area (Å²) in [5.41, 5.74) is 6.83. The number of hydrogen-bond donors (Lipinski definition) is 3. The van der Waals surface area contributed by atoms with Crippen LogP contribution in [-0.4, -0.2) is 22.5 Å². The highest BCUT2D eigenvalue weighted by atomic mass is 35.5. The smallest absolute Gasteiger partial charge is 0.269 e. The molecule has 22 heavy (non-hydrogen) atoms. The number of halogens is 1. The van der Waals surface area contributed by atoms with Crippen LogP contribution in [0.5, 0.6) is 0 Å². The molecule has 1 aromatic carbocycles. The molecule has 0 saturated carbocycles. The molecule has 7 heteroatoms. The maximum Gasteiger partial charge on any atom is 0.269 e. The van der Waals surface area contributed by atoms with Crippen LogP contribution >= 0.6 is 23.8 Å². The molecule has 0 spiro atoms. The van der Waals surface area contributed by atoms with Crippen molar-refractivity contribution in [3.05, 3.63) is 64.9 Å². The molecule has 0 atom stereocenters. The fourth-order valence-electron chi connectivity index (χ4n) is 1.70. The van der Waals surface area contributed by atoms with Gasteiger partial charge in [-0.2, -0.15) is 0 Å². The van der Waals surface area contributed by atoms with E-state index in [0.717, 1.165) is 12.0 Å². The largest absolute Gasteiger partial charge is 0.361 e. The molecule has 0 aliphatic rings. The van der Waals surface area contributed by atoms with E-state index in [9.17, 15) is 4.79 Å². The van der Waals surface area contributed by atoms with Crippen LogP contribution in [0, 0.1) is 0 Å². The van der Waals surface area contributed by atoms with Gasteiger partial charge in [0.1, 0.15) is 0 Å². The van der Waals surface area contributed by atoms with Crippen LogP contribution < -0.4 is 16.2 Å². The monoisotopic (exact) mass is 334 g/mol. The van der Waals surface area contributed by atoms with Gasteiger partial charge in [-0.1, -0.05) is 23.7 Å². The number of amides is 1. The number of carbonyl (C=O) groups is 1. The summed E-state index contributed by atoms with van der Waals surface area (Å²) in [6, 6.07) is 10.9. The lowest BCUT2D eigenvalue weighted by Gasteiger charge is -2.11. The summed E-state index contributed by atoms with van der Waals surface area (Å²) in [5, 5.41) is 4.09. The van der Waals surface area contributed by atoms with Crippen LogP contribution in [0.25, 0.3) is 0 Å². The molecule has 1 heterocycles. The molecule has 2 aromatic rings. The summed E-state index contributed by atoms with van der Waals surface area (Å²) in [7, 11) is 0. The first-order chi connectivity index (χ1) is 10.6. The van der Waals surface area contributed by atoms with Crippen LogP contribution in [0.1, 0.15) is 15.9 Å². The molecule has 114 valence electrons. The van der Waals surface area contributed by atoms with Crippen molar-refractivity contribution >= 4 is 34.8 Å². The first-order valence-corrected chi connectivity index (χ1v) is 7.42. The maximum absolute atomic E-state index is 11.8. The van der Waals surface area contributed by atoms with Gasteiger partial charge in [0.25, 0.3) is 5.91 Å². The highest BCUT2D eigenvalue weighted by Crippen LogP contribution is 2.09. The van der Waals surface area contributed by atoms with Crippen LogP contribution in [0.2, 0.25) is 5.02 Å². The van der Waals surface area contributed by atoms with Crippen molar-refractivity contribution in [3.63, 3.8) is 0 Å². The number of rotatable bonds is 4. The minimum atomic E-state index is -0.274. The lowest BCUT2D eigenvalue weighted by atomic mass is 10.1. The number of nitrogens with one attached hydrogen (secondary N) is 3. The van der Waals surface area contributed by atoms with Crippen molar-refractivity contribution in [1.82, 2.24) is 21.2 Å². The highest BCUT2D eigenvalue weighted by Gasteiger charge is 2.04. The molecule has 5 nitrogen and oxygen atoms in total. The van der Waals surface area contributed by atoms with E-state index < -0.39 is 0 Å². The van der Waals surface area contributed by atoms with Gasteiger partial charge < -0.3 is 5.32 Å². The second-order valence-corrected chi connectivity index (χ2v) is 5.29. The van der Waals surface area contributed by atoms with Crippen molar-refractivity contribution in [2.75, 3.05) is 6.54 Å². The Hall–Kier alpha value is -2.18. The summed E-state index contributed by atoms with van der Waals surface area (Å²) in [4.78, 5) is 15.6. The third-order valence-electron chi connectivity index (χ3n) is 2.84. The number of nitrogens with zero attached hydrogens (tertiary/aromatic N) is 1. The van der Waals surface area contributed by atoms with Gasteiger partial charge in [0.15, 0.2) is 5.11 Å². The number of benzene rings is 1. The summed E-state index contributed by atoms with van der Waals surface area (Å²) in [5.74, 6) is -0.274. The lowest BCUT2D eigenvalue weighted by Crippen LogP contribution is -2.47. The van der Waals surface area contributed by atoms with Gasteiger partial charge in [-0.25, -0.2) is 0 Å². The van der Waals surface area contributed by atoms with Crippen molar-refractivity contribution in [2.45, 2.75) is 6.42 Å². The molecule has 0 bridgehead atoms. The summed E-state index contributed by atoms with van der Waals surface area (Å²) in [6.07, 6.45) is 3.91. The Labute approximate surface area is 139 Å². The van der Waals surface area contributed by atoms with Gasteiger partial charge in [0, 0.05) is 29.5 Å². The van der Waals surface area contributed by atoms with E-state index >= 15 is 0 Å². The van der Waals surface area contributed by atoms with Gasteiger partial charge in [0.2, 0.25) is 0 Å². The Bertz CT molecular complexity index is 634. The number of aromatic nitrogens is 1. The fourth-order valence-corrected chi connectivity index (χ4v) is 1.98. The fraction of sp³-hybridized carbons (Fsp3) is 0.133. The molecule has 0 aliphatic carbocycles. The summed E-state index contributed by atoms with van der Waals surface area (Å²) in [6.45, 7) is 0.651. The zero-order valence-electron chi connectivity index (χ0n) is 11.7. The van der Waals surface area contributed by atoms with E-state index in [1.54, 1.807) is 24.5 Å². The zero-order chi connectivity index (χ0) is 15.8. The highest BCUT2D eigenvalue weighted by molar-refractivity contribution is 7.80. The predicted molar refractivity (Wildman–Crippen MR) is 90.6 cm³/mol. The minimum absolute atomic E-state index is 0.274. The Balaban J connectivity index is 1.68. The van der Waals surface area contributed by atoms with E-state index in [-0.39, 0.29) is 5.91 Å². The Kier molecular flexibility index (Phi) is 6.12. The van der Waals surface area contributed by atoms with Crippen molar-refractivity contribution in [2.24, 2.45) is 0 Å². The molecular formula is C15H15ClN4OS. The lowest BCUT2D eigenvalue weighted by molar-refractivity contribution is 0.0943. The minimum Gasteiger partial charge on any atom is -0.361 e. The number of thiocarbonyl (C=S) groups is 1. The van der Waals surface area contributed by atoms with Crippen LogP contribution in [0.4, 0.5) is 0 Å². The molecule has 0 unspecified atom stereocenters. The molecule has 3 N–H and O–H groups in total. The van der Waals surface area contributed by atoms with Crippen molar-refractivity contribution in [3.8, 4) is 0 Å². The number of pyridine rings is 1. The second kappa shape index (κ2) is 8.31. The standard InChI is InChI=1S/C15H15ClN4OS/c16-13-3-1-11(2-4-13)5-10-18-15(22)20-19-14(21)12-6-8-17-9-7-12/h1-4,6-9H,5,10H2,(H,19,21)(H2,18,20,22).